The molecule has 0 heterocycles. The smallest absolute Gasteiger partial charge is 0.465 e. The molecule has 19 heteroatoms. The Bertz CT molecular complexity index is 1760. The van der Waals surface area contributed by atoms with Crippen LogP contribution in [0.5, 0.6) is 0 Å². The largest absolute Gasteiger partial charge is 0.634 e. The van der Waals surface area contributed by atoms with Crippen LogP contribution in [0.1, 0.15) is 359 Å². The maximum Gasteiger partial charge on any atom is 0.634 e. The second-order valence-corrected chi connectivity index (χ2v) is 41.5. The van der Waals surface area contributed by atoms with Gasteiger partial charge in [-0.25, -0.2) is 4.79 Å². The van der Waals surface area contributed by atoms with E-state index in [-0.39, 0.29) is 88.0 Å². The molecule has 0 bridgehead atoms. The number of hydrogen-bond acceptors (Lipinski definition) is 13. The van der Waals surface area contributed by atoms with Gasteiger partial charge in [0.1, 0.15) is 21.3 Å². The van der Waals surface area contributed by atoms with Crippen molar-refractivity contribution in [1.29, 1.82) is 0 Å². The summed E-state index contributed by atoms with van der Waals surface area (Å²) >= 11 is 14.2. The van der Waals surface area contributed by atoms with Gasteiger partial charge in [0.05, 0.1) is 0 Å². The molecular weight excluding hydrogens is 1230 g/mol. The van der Waals surface area contributed by atoms with Gasteiger partial charge in [0.2, 0.25) is 5.91 Å². The van der Waals surface area contributed by atoms with Gasteiger partial charge in [0.25, 0.3) is 10.4 Å². The summed E-state index contributed by atoms with van der Waals surface area (Å²) in [4.78, 5) is 55.0. The zero-order valence-corrected chi connectivity index (χ0v) is 73.6. The molecular formula is C73H158BN5O9S4. The summed E-state index contributed by atoms with van der Waals surface area (Å²) in [5, 5.41) is 17.2. The fourth-order valence-electron chi connectivity index (χ4n) is 8.23. The molecule has 0 fully saturated rings. The first kappa shape index (κ1) is 109. The first-order valence-electron chi connectivity index (χ1n) is 33.3. The van der Waals surface area contributed by atoms with Gasteiger partial charge < -0.3 is 48.6 Å². The summed E-state index contributed by atoms with van der Waals surface area (Å²) in [6.07, 6.45) is 2.91. The number of carbonyl (C=O) groups is 4. The Morgan fingerprint density at radius 3 is 0.750 bits per heavy atom. The predicted octanol–water partition coefficient (Wildman–Crippen LogP) is 21.9. The monoisotopic (exact) mass is 1390 g/mol. The highest BCUT2D eigenvalue weighted by atomic mass is 32.2. The molecule has 14 nitrogen and oxygen atoms in total. The van der Waals surface area contributed by atoms with E-state index in [0.717, 1.165) is 4.32 Å². The van der Waals surface area contributed by atoms with E-state index >= 15 is 0 Å². The van der Waals surface area contributed by atoms with Gasteiger partial charge in [-0.2, -0.15) is 0 Å². The van der Waals surface area contributed by atoms with Gasteiger partial charge >= 0.3 is 13.4 Å². The van der Waals surface area contributed by atoms with Crippen LogP contribution in [-0.4, -0.2) is 158 Å². The summed E-state index contributed by atoms with van der Waals surface area (Å²) in [5.74, 6) is 0.368. The van der Waals surface area contributed by atoms with Crippen LogP contribution in [0.15, 0.2) is 0 Å². The number of ether oxygens (including phenoxy) is 2. The van der Waals surface area contributed by atoms with Crippen molar-refractivity contribution in [3.05, 3.63) is 0 Å². The second-order valence-electron chi connectivity index (χ2n) is 36.9. The number of Topliss-reactive ketones (excluding diaryl/α,β-unsaturated/α-hetero) is 1. The van der Waals surface area contributed by atoms with E-state index in [9.17, 15) is 19.2 Å². The van der Waals surface area contributed by atoms with Crippen molar-refractivity contribution in [3.63, 3.8) is 0 Å². The molecule has 0 saturated heterocycles. The third kappa shape index (κ3) is 68.1. The average molecular weight is 1390 g/mol. The maximum atomic E-state index is 12.3. The molecule has 0 aliphatic heterocycles. The molecule has 556 valence electrons. The standard InChI is InChI=1S/C13H27NO2.2C13H27NOS.C13H27NS2.C7H15NO.C4H11BO3.C4H8O.2C3H8/c2*1-11(2,3)14(12(4,5)6)10(15)16-13(7,8)9;1-11(2,3)14(12(4,5)6)10(16)15-13(7,8)9;1-11(2,3)14(12(4,5)6)10(15)16-13(7,8)9;1-6(9)8(5)7(2,3)4;1-4(2,3)8-5(6)7;1-3-4(2)5;2*1-3-2/h4*1-9H3;1-5H3;6-7H,1-3H3;3H2,1-2H3;2*3H2,1-2H3. The Morgan fingerprint density at radius 1 is 0.380 bits per heavy atom. The van der Waals surface area contributed by atoms with E-state index < -0.39 is 18.5 Å². The number of nitrogens with zero attached hydrogens (tertiary/aromatic N) is 5. The van der Waals surface area contributed by atoms with Gasteiger partial charge in [-0.3, -0.25) is 14.5 Å². The number of hydrogen-bond donors (Lipinski definition) is 2. The van der Waals surface area contributed by atoms with Gasteiger partial charge in [0.15, 0.2) is 0 Å². The zero-order chi connectivity index (χ0) is 77.6. The summed E-state index contributed by atoms with van der Waals surface area (Å²) in [6.45, 7) is 100. The van der Waals surface area contributed by atoms with Gasteiger partial charge in [-0.1, -0.05) is 125 Å². The number of thioether (sulfide) groups is 2. The lowest BCUT2D eigenvalue weighted by molar-refractivity contribution is -0.131. The van der Waals surface area contributed by atoms with E-state index in [1.54, 1.807) is 56.2 Å². The number of amides is 3. The summed E-state index contributed by atoms with van der Waals surface area (Å²) in [5.41, 5.74) is -1.96. The first-order chi connectivity index (χ1) is 39.4. The molecule has 0 aromatic carbocycles. The minimum atomic E-state index is -1.66. The normalized spacial score (nSPS) is 12.4. The molecule has 0 aliphatic rings. The van der Waals surface area contributed by atoms with Crippen molar-refractivity contribution in [3.8, 4) is 0 Å². The topological polar surface area (TPSA) is 153 Å². The average Bonchev–Trinajstić information content (AvgIpc) is 3.13. The molecule has 0 atom stereocenters. The van der Waals surface area contributed by atoms with Crippen molar-refractivity contribution in [2.45, 2.75) is 435 Å². The SMILES string of the molecule is CC(=O)N(C)C(C)(C)C.CC(C)(C)OB(O)O.CC(C)(C)OC(=O)N(C(C)(C)C)C(C)(C)C.CC(C)(C)OC(=S)N(C(C)(C)C)C(C)(C)C.CC(C)(C)SC(=O)N(C(C)(C)C)C(C)(C)C.CC(C)(C)SC(=S)N(C(C)(C)C)C(C)(C)C.CCC.CCC.CCC(C)=O. The highest BCUT2D eigenvalue weighted by molar-refractivity contribution is 8.23. The maximum absolute atomic E-state index is 12.3. The van der Waals surface area contributed by atoms with Crippen molar-refractivity contribution >= 4 is 87.8 Å². The van der Waals surface area contributed by atoms with Crippen LogP contribution in [0.25, 0.3) is 0 Å². The van der Waals surface area contributed by atoms with Crippen LogP contribution in [0.3, 0.4) is 0 Å². The molecule has 0 aromatic rings. The lowest BCUT2D eigenvalue weighted by atomic mass is 9.97. The van der Waals surface area contributed by atoms with Crippen molar-refractivity contribution in [1.82, 2.24) is 24.5 Å². The third-order valence-corrected chi connectivity index (χ3v) is 12.7. The molecule has 0 spiro atoms. The molecule has 92 heavy (non-hydrogen) atoms. The minimum absolute atomic E-state index is 0.0359. The molecule has 0 aliphatic carbocycles. The quantitative estimate of drug-likeness (QED) is 0.199. The summed E-state index contributed by atoms with van der Waals surface area (Å²) in [7, 11) is 0.150. The fourth-order valence-corrected chi connectivity index (χ4v) is 12.7. The van der Waals surface area contributed by atoms with Crippen molar-refractivity contribution < 1.29 is 43.4 Å². The number of thiocarbonyl (C=S) groups is 2. The lowest BCUT2D eigenvalue weighted by Crippen LogP contribution is -2.56. The third-order valence-electron chi connectivity index (χ3n) is 10.1. The van der Waals surface area contributed by atoms with Gasteiger partial charge in [0, 0.05) is 85.3 Å². The van der Waals surface area contributed by atoms with E-state index in [0.29, 0.717) is 11.6 Å². The van der Waals surface area contributed by atoms with Crippen LogP contribution in [0, 0.1) is 0 Å². The van der Waals surface area contributed by atoms with Crippen LogP contribution in [0.4, 0.5) is 9.59 Å². The number of ketones is 1. The van der Waals surface area contributed by atoms with Gasteiger partial charge in [-0.15, -0.1) is 0 Å². The van der Waals surface area contributed by atoms with Crippen LogP contribution >= 0.6 is 48.0 Å². The van der Waals surface area contributed by atoms with Crippen LogP contribution in [0.2, 0.25) is 0 Å². The van der Waals surface area contributed by atoms with Crippen LogP contribution in [-0.2, 0) is 23.7 Å². The van der Waals surface area contributed by atoms with E-state index in [2.05, 4.69) is 208 Å². The minimum Gasteiger partial charge on any atom is -0.465 e. The second kappa shape index (κ2) is 43.5. The molecule has 2 N–H and O–H groups in total. The Morgan fingerprint density at radius 2 is 0.620 bits per heavy atom. The summed E-state index contributed by atoms with van der Waals surface area (Å²) in [6, 6.07) is 0. The van der Waals surface area contributed by atoms with Gasteiger partial charge in [-0.05, 0) is 268 Å². The molecule has 0 radical (unpaired) electrons. The highest BCUT2D eigenvalue weighted by Gasteiger charge is 2.40. The highest BCUT2D eigenvalue weighted by Crippen LogP contribution is 2.36. The molecule has 3 amide bonds. The number of carbonyl (C=O) groups excluding carboxylic acids is 4. The molecule has 0 unspecified atom stereocenters. The molecule has 0 rings (SSSR count). The molecule has 0 aromatic heterocycles. The van der Waals surface area contributed by atoms with E-state index in [1.165, 1.54) is 24.6 Å². The van der Waals surface area contributed by atoms with Crippen molar-refractivity contribution in [2.24, 2.45) is 0 Å². The molecule has 0 saturated carbocycles. The Balaban J connectivity index is -0.000000126. The lowest BCUT2D eigenvalue weighted by Gasteiger charge is -2.47. The van der Waals surface area contributed by atoms with E-state index in [4.69, 9.17) is 44.0 Å². The number of rotatable bonds is 2. The predicted molar refractivity (Wildman–Crippen MR) is 420 cm³/mol. The fraction of sp³-hybridized carbons (Fsp3) is 0.918. The first-order valence-corrected chi connectivity index (χ1v) is 35.7. The summed E-state index contributed by atoms with van der Waals surface area (Å²) < 4.78 is 16.9. The van der Waals surface area contributed by atoms with Crippen LogP contribution < -0.4 is 0 Å². The Kier molecular flexibility index (Phi) is 51.4. The van der Waals surface area contributed by atoms with E-state index in [1.807, 2.05) is 123 Å². The zero-order valence-electron chi connectivity index (χ0n) is 70.3. The Labute approximate surface area is 593 Å². The van der Waals surface area contributed by atoms with Crippen molar-refractivity contribution in [2.75, 3.05) is 7.05 Å². The Hall–Kier alpha value is -1.90.